The maximum Gasteiger partial charge on any atom is 0.321 e. The second kappa shape index (κ2) is 9.54. The molecule has 2 aliphatic rings. The maximum atomic E-state index is 12.9. The number of anilines is 2. The van der Waals surface area contributed by atoms with E-state index in [-0.39, 0.29) is 23.8 Å². The summed E-state index contributed by atoms with van der Waals surface area (Å²) in [6.45, 7) is 1.72. The molecule has 5 rings (SSSR count). The molecule has 4 heterocycles. The Morgan fingerprint density at radius 3 is 2.88 bits per heavy atom. The third-order valence-corrected chi connectivity index (χ3v) is 6.58. The monoisotopic (exact) mass is 460 g/mol. The van der Waals surface area contributed by atoms with Crippen LogP contribution in [0.1, 0.15) is 19.3 Å². The number of hydrogen-bond acceptors (Lipinski definition) is 5. The van der Waals surface area contributed by atoms with Crippen LogP contribution in [0.25, 0.3) is 11.1 Å². The molecule has 1 fully saturated rings. The van der Waals surface area contributed by atoms with Crippen LogP contribution in [0.2, 0.25) is 0 Å². The van der Waals surface area contributed by atoms with Crippen molar-refractivity contribution in [3.8, 4) is 16.9 Å². The van der Waals surface area contributed by atoms with Crippen LogP contribution in [0.15, 0.2) is 55.1 Å². The lowest BCUT2D eigenvalue weighted by Gasteiger charge is -2.39. The first kappa shape index (κ1) is 21.9. The summed E-state index contributed by atoms with van der Waals surface area (Å²) >= 11 is 0. The molecule has 2 atom stereocenters. The van der Waals surface area contributed by atoms with Crippen molar-refractivity contribution in [3.05, 3.63) is 55.1 Å². The van der Waals surface area contributed by atoms with Crippen LogP contribution in [-0.2, 0) is 11.8 Å². The molecular formula is C25H28N6O3. The molecule has 2 aliphatic heterocycles. The van der Waals surface area contributed by atoms with E-state index in [1.807, 2.05) is 42.4 Å². The predicted octanol–water partition coefficient (Wildman–Crippen LogP) is 3.76. The molecule has 0 unspecified atom stereocenters. The topological polar surface area (TPSA) is 101 Å². The lowest BCUT2D eigenvalue weighted by molar-refractivity contribution is -0.118. The Labute approximate surface area is 198 Å². The molecule has 3 aromatic rings. The molecule has 0 aliphatic carbocycles. The largest absolute Gasteiger partial charge is 0.491 e. The van der Waals surface area contributed by atoms with E-state index in [0.717, 1.165) is 24.0 Å². The Morgan fingerprint density at radius 1 is 1.18 bits per heavy atom. The van der Waals surface area contributed by atoms with Gasteiger partial charge in [0.2, 0.25) is 5.91 Å². The quantitative estimate of drug-likeness (QED) is 0.606. The van der Waals surface area contributed by atoms with Gasteiger partial charge in [-0.05, 0) is 54.5 Å². The molecule has 0 radical (unpaired) electrons. The van der Waals surface area contributed by atoms with Crippen LogP contribution in [0, 0.1) is 11.8 Å². The normalized spacial score (nSPS) is 20.4. The highest BCUT2D eigenvalue weighted by molar-refractivity contribution is 5.93. The van der Waals surface area contributed by atoms with E-state index in [9.17, 15) is 9.59 Å². The van der Waals surface area contributed by atoms with E-state index < -0.39 is 0 Å². The van der Waals surface area contributed by atoms with Gasteiger partial charge in [-0.15, -0.1) is 0 Å². The SMILES string of the molecule is Cn1cc(-c2ccc3c(c2)OCC[C@H]2CN(C(=O)Nc4cccnc4)CC[C@H]2CC(=O)N3)cn1. The minimum Gasteiger partial charge on any atom is -0.491 e. The van der Waals surface area contributed by atoms with E-state index in [1.165, 1.54) is 0 Å². The number of urea groups is 1. The van der Waals surface area contributed by atoms with Crippen molar-refractivity contribution in [2.45, 2.75) is 19.3 Å². The van der Waals surface area contributed by atoms with Gasteiger partial charge in [-0.1, -0.05) is 6.07 Å². The zero-order valence-electron chi connectivity index (χ0n) is 19.1. The Kier molecular flexibility index (Phi) is 6.16. The van der Waals surface area contributed by atoms with Crippen molar-refractivity contribution in [1.82, 2.24) is 19.7 Å². The highest BCUT2D eigenvalue weighted by Crippen LogP contribution is 2.35. The molecule has 2 aromatic heterocycles. The first-order valence-electron chi connectivity index (χ1n) is 11.6. The van der Waals surface area contributed by atoms with Crippen molar-refractivity contribution in [2.75, 3.05) is 30.3 Å². The summed E-state index contributed by atoms with van der Waals surface area (Å²) in [6, 6.07) is 9.27. The maximum absolute atomic E-state index is 12.9. The van der Waals surface area contributed by atoms with Crippen LogP contribution in [0.4, 0.5) is 16.2 Å². The van der Waals surface area contributed by atoms with E-state index >= 15 is 0 Å². The van der Waals surface area contributed by atoms with Crippen LogP contribution in [0.5, 0.6) is 5.75 Å². The number of ether oxygens (including phenoxy) is 1. The van der Waals surface area contributed by atoms with Crippen molar-refractivity contribution in [3.63, 3.8) is 0 Å². The fourth-order valence-electron chi connectivity index (χ4n) is 4.75. The van der Waals surface area contributed by atoms with Gasteiger partial charge in [-0.2, -0.15) is 5.10 Å². The van der Waals surface area contributed by atoms with Gasteiger partial charge in [0.25, 0.3) is 0 Å². The van der Waals surface area contributed by atoms with Gasteiger partial charge in [0.15, 0.2) is 0 Å². The molecule has 3 amide bonds. The Hall–Kier alpha value is -3.88. The number of nitrogens with one attached hydrogen (secondary N) is 2. The van der Waals surface area contributed by atoms with Gasteiger partial charge in [0.1, 0.15) is 5.75 Å². The summed E-state index contributed by atoms with van der Waals surface area (Å²) in [5, 5.41) is 10.2. The lowest BCUT2D eigenvalue weighted by atomic mass is 9.81. The molecule has 1 saturated heterocycles. The standard InChI is InChI=1S/C25H28N6O3/c1-30-15-20(13-27-30)17-4-5-22-23(11-17)34-10-7-19-16-31(9-6-18(19)12-24(32)29-22)25(33)28-21-3-2-8-26-14-21/h2-5,8,11,13-15,18-19H,6-7,9-10,12,16H2,1H3,(H,28,33)(H,29,32)/t18-,19-/m0/s1. The van der Waals surface area contributed by atoms with Crippen LogP contribution >= 0.6 is 0 Å². The second-order valence-corrected chi connectivity index (χ2v) is 8.93. The van der Waals surface area contributed by atoms with Crippen LogP contribution in [0.3, 0.4) is 0 Å². The third kappa shape index (κ3) is 4.88. The predicted molar refractivity (Wildman–Crippen MR) is 128 cm³/mol. The molecule has 0 saturated carbocycles. The summed E-state index contributed by atoms with van der Waals surface area (Å²) in [5.74, 6) is 1.02. The molecule has 9 nitrogen and oxygen atoms in total. The summed E-state index contributed by atoms with van der Waals surface area (Å²) < 4.78 is 7.91. The van der Waals surface area contributed by atoms with Crippen molar-refractivity contribution < 1.29 is 14.3 Å². The minimum absolute atomic E-state index is 0.0239. The minimum atomic E-state index is -0.139. The average molecular weight is 461 g/mol. The first-order chi connectivity index (χ1) is 16.5. The zero-order chi connectivity index (χ0) is 23.5. The smallest absolute Gasteiger partial charge is 0.321 e. The number of pyridine rings is 1. The van der Waals surface area contributed by atoms with Gasteiger partial charge < -0.3 is 20.3 Å². The summed E-state index contributed by atoms with van der Waals surface area (Å²) in [4.78, 5) is 31.5. The third-order valence-electron chi connectivity index (χ3n) is 6.58. The molecule has 1 aromatic carbocycles. The highest BCUT2D eigenvalue weighted by Gasteiger charge is 2.33. The fourth-order valence-corrected chi connectivity index (χ4v) is 4.75. The Balaban J connectivity index is 1.29. The number of likely N-dealkylation sites (tertiary alicyclic amines) is 1. The summed E-state index contributed by atoms with van der Waals surface area (Å²) in [6.07, 6.45) is 9.03. The Bertz CT molecular complexity index is 1180. The zero-order valence-corrected chi connectivity index (χ0v) is 19.1. The molecular weight excluding hydrogens is 432 g/mol. The molecule has 0 bridgehead atoms. The van der Waals surface area contributed by atoms with Gasteiger partial charge in [0.05, 0.1) is 30.4 Å². The van der Waals surface area contributed by atoms with E-state index in [2.05, 4.69) is 20.7 Å². The van der Waals surface area contributed by atoms with Crippen LogP contribution in [-0.4, -0.2) is 51.3 Å². The number of carbonyl (C=O) groups is 2. The number of aryl methyl sites for hydroxylation is 1. The van der Waals surface area contributed by atoms with E-state index in [1.54, 1.807) is 29.3 Å². The van der Waals surface area contributed by atoms with Crippen molar-refractivity contribution in [1.29, 1.82) is 0 Å². The number of amides is 3. The van der Waals surface area contributed by atoms with Crippen molar-refractivity contribution in [2.24, 2.45) is 18.9 Å². The van der Waals surface area contributed by atoms with E-state index in [4.69, 9.17) is 4.74 Å². The van der Waals surface area contributed by atoms with Gasteiger partial charge in [-0.25, -0.2) is 4.79 Å². The lowest BCUT2D eigenvalue weighted by Crippen LogP contribution is -2.46. The second-order valence-electron chi connectivity index (χ2n) is 8.93. The van der Waals surface area contributed by atoms with Gasteiger partial charge in [-0.3, -0.25) is 14.5 Å². The summed E-state index contributed by atoms with van der Waals surface area (Å²) in [7, 11) is 1.88. The van der Waals surface area contributed by atoms with Crippen molar-refractivity contribution >= 4 is 23.3 Å². The number of hydrogen-bond donors (Lipinski definition) is 2. The highest BCUT2D eigenvalue weighted by atomic mass is 16.5. The molecule has 0 spiro atoms. The summed E-state index contributed by atoms with van der Waals surface area (Å²) in [5.41, 5.74) is 3.32. The number of fused-ring (bicyclic) bond motifs is 2. The molecule has 2 N–H and O–H groups in total. The van der Waals surface area contributed by atoms with Gasteiger partial charge >= 0.3 is 6.03 Å². The molecule has 176 valence electrons. The van der Waals surface area contributed by atoms with Gasteiger partial charge in [0, 0.05) is 44.5 Å². The number of nitrogens with zero attached hydrogens (tertiary/aromatic N) is 4. The number of rotatable bonds is 2. The molecule has 9 heteroatoms. The number of piperidine rings is 1. The Morgan fingerprint density at radius 2 is 2.09 bits per heavy atom. The fraction of sp³-hybridized carbons (Fsp3) is 0.360. The first-order valence-corrected chi connectivity index (χ1v) is 11.6. The number of aromatic nitrogens is 3. The van der Waals surface area contributed by atoms with E-state index in [0.29, 0.717) is 43.2 Å². The number of benzene rings is 1. The number of carbonyl (C=O) groups excluding carboxylic acids is 2. The van der Waals surface area contributed by atoms with Crippen LogP contribution < -0.4 is 15.4 Å². The average Bonchev–Trinajstić information content (AvgIpc) is 3.27. The molecule has 34 heavy (non-hydrogen) atoms.